The van der Waals surface area contributed by atoms with Crippen LogP contribution in [0.1, 0.15) is 5.76 Å². The molecule has 0 saturated heterocycles. The van der Waals surface area contributed by atoms with Gasteiger partial charge in [0.05, 0.1) is 5.88 Å². The number of hydrogen-bond acceptors (Lipinski definition) is 2. The molecule has 0 spiro atoms. The van der Waals surface area contributed by atoms with Gasteiger partial charge in [0.15, 0.2) is 5.76 Å². The zero-order chi connectivity index (χ0) is 9.97. The first-order chi connectivity index (χ1) is 6.79. The zero-order valence-corrected chi connectivity index (χ0v) is 7.96. The number of alkyl halides is 1. The number of nitrogens with zero attached hydrogens (tertiary/aromatic N) is 1. The second-order valence-electron chi connectivity index (χ2n) is 2.82. The third kappa shape index (κ3) is 1.77. The monoisotopic (exact) mass is 211 g/mol. The van der Waals surface area contributed by atoms with E-state index in [0.29, 0.717) is 17.0 Å². The van der Waals surface area contributed by atoms with E-state index in [4.69, 9.17) is 16.1 Å². The van der Waals surface area contributed by atoms with Crippen molar-refractivity contribution in [3.05, 3.63) is 41.9 Å². The normalized spacial score (nSPS) is 10.4. The molecule has 0 bridgehead atoms. The van der Waals surface area contributed by atoms with Gasteiger partial charge >= 0.3 is 0 Å². The number of benzene rings is 1. The average Bonchev–Trinajstić information content (AvgIpc) is 2.66. The number of hydrogen-bond donors (Lipinski definition) is 0. The summed E-state index contributed by atoms with van der Waals surface area (Å²) in [6.45, 7) is 0. The predicted octanol–water partition coefficient (Wildman–Crippen LogP) is 3.22. The molecule has 0 atom stereocenters. The van der Waals surface area contributed by atoms with Crippen LogP contribution in [0.2, 0.25) is 0 Å². The van der Waals surface area contributed by atoms with E-state index < -0.39 is 0 Å². The molecule has 0 aliphatic heterocycles. The van der Waals surface area contributed by atoms with Gasteiger partial charge in [-0.05, 0) is 12.1 Å². The minimum absolute atomic E-state index is 0.266. The van der Waals surface area contributed by atoms with Gasteiger partial charge in [-0.15, -0.1) is 11.6 Å². The Morgan fingerprint density at radius 3 is 2.86 bits per heavy atom. The third-order valence-electron chi connectivity index (χ3n) is 1.81. The highest BCUT2D eigenvalue weighted by Gasteiger charge is 2.05. The quantitative estimate of drug-likeness (QED) is 0.713. The summed E-state index contributed by atoms with van der Waals surface area (Å²) < 4.78 is 17.8. The Kier molecular flexibility index (Phi) is 2.50. The molecule has 14 heavy (non-hydrogen) atoms. The van der Waals surface area contributed by atoms with Gasteiger partial charge in [-0.25, -0.2) is 4.39 Å². The Balaban J connectivity index is 2.39. The number of aromatic nitrogens is 1. The van der Waals surface area contributed by atoms with Crippen LogP contribution in [-0.4, -0.2) is 5.16 Å². The fourth-order valence-corrected chi connectivity index (χ4v) is 1.29. The standard InChI is InChI=1S/C10H7ClFNO/c11-6-9-5-10(13-14-9)7-2-1-3-8(12)4-7/h1-5H,6H2. The highest BCUT2D eigenvalue weighted by atomic mass is 35.5. The van der Waals surface area contributed by atoms with Crippen LogP contribution in [0.5, 0.6) is 0 Å². The number of halogens is 2. The molecule has 0 radical (unpaired) electrons. The molecule has 2 aromatic rings. The van der Waals surface area contributed by atoms with Crippen molar-refractivity contribution in [2.45, 2.75) is 5.88 Å². The molecule has 1 aromatic heterocycles. The van der Waals surface area contributed by atoms with Crippen molar-refractivity contribution in [2.75, 3.05) is 0 Å². The first-order valence-corrected chi connectivity index (χ1v) is 4.60. The van der Waals surface area contributed by atoms with E-state index in [2.05, 4.69) is 5.16 Å². The van der Waals surface area contributed by atoms with Gasteiger partial charge in [-0.2, -0.15) is 0 Å². The van der Waals surface area contributed by atoms with Crippen LogP contribution in [0.15, 0.2) is 34.9 Å². The highest BCUT2D eigenvalue weighted by Crippen LogP contribution is 2.20. The summed E-state index contributed by atoms with van der Waals surface area (Å²) in [5.41, 5.74) is 1.28. The van der Waals surface area contributed by atoms with Crippen LogP contribution in [0.25, 0.3) is 11.3 Å². The lowest BCUT2D eigenvalue weighted by Crippen LogP contribution is -1.78. The summed E-state index contributed by atoms with van der Waals surface area (Å²) >= 11 is 5.55. The van der Waals surface area contributed by atoms with Gasteiger partial charge in [-0.3, -0.25) is 0 Å². The van der Waals surface area contributed by atoms with Crippen molar-refractivity contribution >= 4 is 11.6 Å². The molecule has 0 saturated carbocycles. The van der Waals surface area contributed by atoms with Crippen LogP contribution in [-0.2, 0) is 5.88 Å². The van der Waals surface area contributed by atoms with E-state index >= 15 is 0 Å². The van der Waals surface area contributed by atoms with Crippen LogP contribution in [0, 0.1) is 5.82 Å². The molecule has 1 aromatic carbocycles. The number of rotatable bonds is 2. The fraction of sp³-hybridized carbons (Fsp3) is 0.100. The van der Waals surface area contributed by atoms with Crippen LogP contribution in [0.3, 0.4) is 0 Å². The molecule has 2 rings (SSSR count). The van der Waals surface area contributed by atoms with Crippen LogP contribution >= 0.6 is 11.6 Å². The molecular formula is C10H7ClFNO. The zero-order valence-electron chi connectivity index (χ0n) is 7.21. The summed E-state index contributed by atoms with van der Waals surface area (Å²) in [6, 6.07) is 7.86. The van der Waals surface area contributed by atoms with Crippen molar-refractivity contribution < 1.29 is 8.91 Å². The van der Waals surface area contributed by atoms with Crippen molar-refractivity contribution in [1.82, 2.24) is 5.16 Å². The second-order valence-corrected chi connectivity index (χ2v) is 3.09. The van der Waals surface area contributed by atoms with Gasteiger partial charge in [0.25, 0.3) is 0 Å². The Labute approximate surface area is 85.3 Å². The molecule has 72 valence electrons. The molecule has 4 heteroatoms. The Morgan fingerprint density at radius 1 is 1.36 bits per heavy atom. The van der Waals surface area contributed by atoms with Gasteiger partial charge in [0.1, 0.15) is 11.5 Å². The van der Waals surface area contributed by atoms with Crippen molar-refractivity contribution in [3.63, 3.8) is 0 Å². The second kappa shape index (κ2) is 3.80. The van der Waals surface area contributed by atoms with Crippen molar-refractivity contribution in [2.24, 2.45) is 0 Å². The predicted molar refractivity (Wildman–Crippen MR) is 51.5 cm³/mol. The first-order valence-electron chi connectivity index (χ1n) is 4.07. The van der Waals surface area contributed by atoms with E-state index in [1.165, 1.54) is 12.1 Å². The van der Waals surface area contributed by atoms with Gasteiger partial charge < -0.3 is 4.52 Å². The lowest BCUT2D eigenvalue weighted by Gasteiger charge is -1.93. The molecule has 0 N–H and O–H groups in total. The lowest BCUT2D eigenvalue weighted by atomic mass is 10.1. The van der Waals surface area contributed by atoms with E-state index in [-0.39, 0.29) is 11.7 Å². The van der Waals surface area contributed by atoms with E-state index in [0.717, 1.165) is 0 Å². The van der Waals surface area contributed by atoms with Gasteiger partial charge in [0, 0.05) is 11.6 Å². The smallest absolute Gasteiger partial charge is 0.152 e. The molecule has 0 aliphatic rings. The van der Waals surface area contributed by atoms with Gasteiger partial charge in [-0.1, -0.05) is 17.3 Å². The summed E-state index contributed by atoms with van der Waals surface area (Å²) in [5, 5.41) is 3.77. The summed E-state index contributed by atoms with van der Waals surface area (Å²) in [7, 11) is 0. The maximum absolute atomic E-state index is 12.9. The summed E-state index contributed by atoms with van der Waals surface area (Å²) in [6.07, 6.45) is 0. The maximum atomic E-state index is 12.9. The Morgan fingerprint density at radius 2 is 2.21 bits per heavy atom. The van der Waals surface area contributed by atoms with E-state index in [9.17, 15) is 4.39 Å². The Bertz CT molecular complexity index is 441. The topological polar surface area (TPSA) is 26.0 Å². The molecule has 1 heterocycles. The lowest BCUT2D eigenvalue weighted by molar-refractivity contribution is 0.396. The maximum Gasteiger partial charge on any atom is 0.152 e. The molecule has 2 nitrogen and oxygen atoms in total. The summed E-state index contributed by atoms with van der Waals surface area (Å²) in [5.74, 6) is 0.548. The van der Waals surface area contributed by atoms with E-state index in [1.54, 1.807) is 18.2 Å². The molecule has 0 fully saturated rings. The minimum Gasteiger partial charge on any atom is -0.359 e. The molecule has 0 aliphatic carbocycles. The first kappa shape index (κ1) is 9.21. The van der Waals surface area contributed by atoms with Gasteiger partial charge in [0.2, 0.25) is 0 Å². The summed E-state index contributed by atoms with van der Waals surface area (Å²) in [4.78, 5) is 0. The Hall–Kier alpha value is -1.35. The largest absolute Gasteiger partial charge is 0.359 e. The molecule has 0 unspecified atom stereocenters. The fourth-order valence-electron chi connectivity index (χ4n) is 1.16. The van der Waals surface area contributed by atoms with Crippen molar-refractivity contribution in [3.8, 4) is 11.3 Å². The molecular weight excluding hydrogens is 205 g/mol. The van der Waals surface area contributed by atoms with Crippen LogP contribution < -0.4 is 0 Å². The van der Waals surface area contributed by atoms with Crippen molar-refractivity contribution in [1.29, 1.82) is 0 Å². The van der Waals surface area contributed by atoms with E-state index in [1.807, 2.05) is 0 Å². The third-order valence-corrected chi connectivity index (χ3v) is 2.07. The SMILES string of the molecule is Fc1cccc(-c2cc(CCl)on2)c1. The molecule has 0 amide bonds. The average molecular weight is 212 g/mol. The van der Waals surface area contributed by atoms with Crippen LogP contribution in [0.4, 0.5) is 4.39 Å². The minimum atomic E-state index is -0.294. The highest BCUT2D eigenvalue weighted by molar-refractivity contribution is 6.16.